The normalized spacial score (nSPS) is 16.6. The molecule has 26 heavy (non-hydrogen) atoms. The second kappa shape index (κ2) is 7.19. The third-order valence-corrected chi connectivity index (χ3v) is 5.13. The Morgan fingerprint density at radius 1 is 1.19 bits per heavy atom. The van der Waals surface area contributed by atoms with Gasteiger partial charge in [0.25, 0.3) is 0 Å². The molecule has 1 unspecified atom stereocenters. The highest BCUT2D eigenvalue weighted by Crippen LogP contribution is 2.37. The van der Waals surface area contributed by atoms with Crippen molar-refractivity contribution in [2.45, 2.75) is 12.5 Å². The molecular weight excluding hydrogens is 371 g/mol. The number of rotatable bonds is 5. The average Bonchev–Trinajstić information content (AvgIpc) is 3.29. The van der Waals surface area contributed by atoms with Gasteiger partial charge in [0.15, 0.2) is 0 Å². The van der Waals surface area contributed by atoms with E-state index >= 15 is 0 Å². The molecule has 7 heteroatoms. The van der Waals surface area contributed by atoms with E-state index in [4.69, 9.17) is 33.7 Å². The Morgan fingerprint density at radius 3 is 2.85 bits per heavy atom. The highest BCUT2D eigenvalue weighted by atomic mass is 35.5. The maximum absolute atomic E-state index is 6.49. The number of anilines is 1. The Balaban J connectivity index is 1.60. The van der Waals surface area contributed by atoms with Crippen LogP contribution in [0.5, 0.6) is 11.5 Å². The number of hydrogen-bond acceptors (Lipinski definition) is 4. The SMILES string of the molecule is NCCC1C=CCN1c1ccc(Oc2ccc(Cl)c3[nH]ncc23)c(Cl)c1. The maximum atomic E-state index is 6.49. The standard InChI is InChI=1S/C19H18Cl2N4O/c20-15-4-6-17(14-11-23-24-19(14)15)26-18-5-3-13(10-16(18)21)25-9-1-2-12(25)7-8-22/h1-6,10-12H,7-9,22H2,(H,23,24). The van der Waals surface area contributed by atoms with Crippen LogP contribution in [0.2, 0.25) is 10.0 Å². The van der Waals surface area contributed by atoms with Gasteiger partial charge in [-0.25, -0.2) is 0 Å². The molecule has 4 rings (SSSR count). The van der Waals surface area contributed by atoms with Gasteiger partial charge in [0.1, 0.15) is 11.5 Å². The van der Waals surface area contributed by atoms with E-state index in [1.807, 2.05) is 24.3 Å². The number of nitrogens with one attached hydrogen (secondary N) is 1. The summed E-state index contributed by atoms with van der Waals surface area (Å²) in [7, 11) is 0. The zero-order chi connectivity index (χ0) is 18.1. The molecule has 1 aliphatic rings. The van der Waals surface area contributed by atoms with E-state index in [9.17, 15) is 0 Å². The van der Waals surface area contributed by atoms with E-state index in [1.165, 1.54) is 0 Å². The van der Waals surface area contributed by atoms with E-state index in [0.717, 1.165) is 29.6 Å². The number of nitrogens with two attached hydrogens (primary N) is 1. The molecule has 134 valence electrons. The van der Waals surface area contributed by atoms with E-state index in [2.05, 4.69) is 27.2 Å². The van der Waals surface area contributed by atoms with Crippen LogP contribution in [0.25, 0.3) is 10.9 Å². The molecule has 0 bridgehead atoms. The topological polar surface area (TPSA) is 67.2 Å². The van der Waals surface area contributed by atoms with E-state index in [0.29, 0.717) is 34.1 Å². The zero-order valence-corrected chi connectivity index (χ0v) is 15.5. The van der Waals surface area contributed by atoms with Gasteiger partial charge in [0, 0.05) is 18.3 Å². The van der Waals surface area contributed by atoms with Crippen LogP contribution in [-0.4, -0.2) is 29.3 Å². The second-order valence-corrected chi connectivity index (χ2v) is 6.96. The minimum absolute atomic E-state index is 0.310. The van der Waals surface area contributed by atoms with E-state index in [1.54, 1.807) is 12.3 Å². The van der Waals surface area contributed by atoms with Gasteiger partial charge < -0.3 is 15.4 Å². The van der Waals surface area contributed by atoms with Crippen LogP contribution in [0.3, 0.4) is 0 Å². The van der Waals surface area contributed by atoms with Crippen LogP contribution < -0.4 is 15.4 Å². The summed E-state index contributed by atoms with van der Waals surface area (Å²) in [5.74, 6) is 1.24. The van der Waals surface area contributed by atoms with Crippen molar-refractivity contribution in [3.05, 3.63) is 58.7 Å². The molecule has 0 aliphatic carbocycles. The number of ether oxygens (including phenoxy) is 1. The first kappa shape index (κ1) is 17.2. The lowest BCUT2D eigenvalue weighted by molar-refractivity contribution is 0.488. The fraction of sp³-hybridized carbons (Fsp3) is 0.211. The van der Waals surface area contributed by atoms with Crippen molar-refractivity contribution in [1.82, 2.24) is 10.2 Å². The van der Waals surface area contributed by atoms with Gasteiger partial charge in [-0.3, -0.25) is 5.10 Å². The van der Waals surface area contributed by atoms with Crippen molar-refractivity contribution in [1.29, 1.82) is 0 Å². The van der Waals surface area contributed by atoms with E-state index < -0.39 is 0 Å². The smallest absolute Gasteiger partial charge is 0.146 e. The van der Waals surface area contributed by atoms with Crippen LogP contribution in [0, 0.1) is 0 Å². The van der Waals surface area contributed by atoms with Crippen molar-refractivity contribution in [3.63, 3.8) is 0 Å². The lowest BCUT2D eigenvalue weighted by Gasteiger charge is -2.27. The van der Waals surface area contributed by atoms with Crippen LogP contribution in [0.15, 0.2) is 48.7 Å². The van der Waals surface area contributed by atoms with Gasteiger partial charge in [-0.05, 0) is 43.3 Å². The Hall–Kier alpha value is -2.21. The quantitative estimate of drug-likeness (QED) is 0.618. The molecule has 0 saturated carbocycles. The monoisotopic (exact) mass is 388 g/mol. The summed E-state index contributed by atoms with van der Waals surface area (Å²) in [5, 5.41) is 8.86. The minimum atomic E-state index is 0.310. The van der Waals surface area contributed by atoms with Crippen molar-refractivity contribution < 1.29 is 4.74 Å². The lowest BCUT2D eigenvalue weighted by atomic mass is 10.2. The molecule has 3 aromatic rings. The van der Waals surface area contributed by atoms with Gasteiger partial charge in [-0.15, -0.1) is 0 Å². The zero-order valence-electron chi connectivity index (χ0n) is 14.0. The van der Waals surface area contributed by atoms with Gasteiger partial charge >= 0.3 is 0 Å². The van der Waals surface area contributed by atoms with E-state index in [-0.39, 0.29) is 0 Å². The number of aromatic amines is 1. The predicted octanol–water partition coefficient (Wildman–Crippen LogP) is 4.76. The highest BCUT2D eigenvalue weighted by molar-refractivity contribution is 6.35. The fourth-order valence-electron chi connectivity index (χ4n) is 3.23. The molecule has 1 aromatic heterocycles. The fourth-order valence-corrected chi connectivity index (χ4v) is 3.65. The van der Waals surface area contributed by atoms with Gasteiger partial charge in [0.2, 0.25) is 0 Å². The third-order valence-electron chi connectivity index (χ3n) is 4.51. The maximum Gasteiger partial charge on any atom is 0.146 e. The first-order valence-corrected chi connectivity index (χ1v) is 9.15. The number of aromatic nitrogens is 2. The molecule has 3 N–H and O–H groups in total. The number of halogens is 2. The van der Waals surface area contributed by atoms with Crippen LogP contribution in [0.4, 0.5) is 5.69 Å². The molecule has 0 fully saturated rings. The summed E-state index contributed by atoms with van der Waals surface area (Å²) in [6.07, 6.45) is 6.94. The van der Waals surface area contributed by atoms with Crippen molar-refractivity contribution in [2.75, 3.05) is 18.0 Å². The summed E-state index contributed by atoms with van der Waals surface area (Å²) in [4.78, 5) is 2.28. The number of H-pyrrole nitrogens is 1. The third kappa shape index (κ3) is 3.14. The number of benzene rings is 2. The molecule has 2 heterocycles. The summed E-state index contributed by atoms with van der Waals surface area (Å²) >= 11 is 12.7. The minimum Gasteiger partial charge on any atom is -0.455 e. The first-order valence-electron chi connectivity index (χ1n) is 8.39. The summed E-state index contributed by atoms with van der Waals surface area (Å²) < 4.78 is 6.02. The van der Waals surface area contributed by atoms with Crippen molar-refractivity contribution in [2.24, 2.45) is 5.73 Å². The molecule has 0 amide bonds. The lowest BCUT2D eigenvalue weighted by Crippen LogP contribution is -2.31. The Labute approximate surface area is 161 Å². The van der Waals surface area contributed by atoms with Crippen molar-refractivity contribution in [3.8, 4) is 11.5 Å². The highest BCUT2D eigenvalue weighted by Gasteiger charge is 2.20. The Bertz CT molecular complexity index is 969. The van der Waals surface area contributed by atoms with Gasteiger partial charge in [0.05, 0.1) is 27.1 Å². The average molecular weight is 389 g/mol. The molecule has 5 nitrogen and oxygen atoms in total. The number of hydrogen-bond donors (Lipinski definition) is 2. The molecule has 1 atom stereocenters. The Morgan fingerprint density at radius 2 is 2.04 bits per heavy atom. The van der Waals surface area contributed by atoms with Crippen LogP contribution in [-0.2, 0) is 0 Å². The summed E-state index contributed by atoms with van der Waals surface area (Å²) in [6.45, 7) is 1.51. The molecule has 2 aromatic carbocycles. The van der Waals surface area contributed by atoms with Crippen LogP contribution in [0.1, 0.15) is 6.42 Å². The van der Waals surface area contributed by atoms with Gasteiger partial charge in [-0.2, -0.15) is 5.10 Å². The Kier molecular flexibility index (Phi) is 4.76. The molecule has 0 saturated heterocycles. The number of nitrogens with zero attached hydrogens (tertiary/aromatic N) is 2. The van der Waals surface area contributed by atoms with Crippen molar-refractivity contribution >= 4 is 39.8 Å². The van der Waals surface area contributed by atoms with Crippen LogP contribution >= 0.6 is 23.2 Å². The number of fused-ring (bicyclic) bond motifs is 1. The predicted molar refractivity (Wildman–Crippen MR) is 107 cm³/mol. The summed E-state index contributed by atoms with van der Waals surface area (Å²) in [5.41, 5.74) is 7.50. The summed E-state index contributed by atoms with van der Waals surface area (Å²) in [6, 6.07) is 9.72. The molecular formula is C19H18Cl2N4O. The largest absolute Gasteiger partial charge is 0.455 e. The second-order valence-electron chi connectivity index (χ2n) is 6.15. The molecule has 0 radical (unpaired) electrons. The van der Waals surface area contributed by atoms with Gasteiger partial charge in [-0.1, -0.05) is 35.4 Å². The molecule has 0 spiro atoms. The first-order chi connectivity index (χ1) is 12.7. The molecule has 1 aliphatic heterocycles.